The lowest BCUT2D eigenvalue weighted by molar-refractivity contribution is 0.0683. The van der Waals surface area contributed by atoms with Gasteiger partial charge in [0.05, 0.1) is 113 Å². The largest absolute Gasteiger partial charge is 0.506 e. The third-order valence-corrected chi connectivity index (χ3v) is 19.5. The molecule has 4 rings (SSSR count). The second-order valence-electron chi connectivity index (χ2n) is 14.3. The molecule has 0 spiro atoms. The zero-order valence-electron chi connectivity index (χ0n) is 34.7. The normalized spacial score (nSPS) is 13.2. The maximum atomic E-state index is 14.9. The van der Waals surface area contributed by atoms with E-state index in [1.165, 1.54) is 17.3 Å². The summed E-state index contributed by atoms with van der Waals surface area (Å²) in [6, 6.07) is -3.23. The van der Waals surface area contributed by atoms with Crippen LogP contribution in [0, 0.1) is 32.1 Å². The highest BCUT2D eigenvalue weighted by atomic mass is 127. The first-order valence-electron chi connectivity index (χ1n) is 19.3. The molecule has 0 bridgehead atoms. The number of aliphatic hydroxyl groups excluding tert-OH is 6. The molecule has 3 aromatic carbocycles. The van der Waals surface area contributed by atoms with E-state index in [4.69, 9.17) is 0 Å². The minimum absolute atomic E-state index is 0.0285. The second-order valence-corrected chi connectivity index (χ2v) is 24.0. The summed E-state index contributed by atoms with van der Waals surface area (Å²) in [7, 11) is 0. The molecule has 0 saturated heterocycles. The molecule has 0 atom stereocenters. The number of nitrogens with one attached hydrogen (secondary N) is 3. The van der Waals surface area contributed by atoms with Gasteiger partial charge in [-0.05, 0) is 203 Å². The van der Waals surface area contributed by atoms with Crippen LogP contribution in [0.4, 0.5) is 0 Å². The van der Waals surface area contributed by atoms with Gasteiger partial charge in [-0.2, -0.15) is 0 Å². The first-order valence-corrected chi connectivity index (χ1v) is 29.1. The van der Waals surface area contributed by atoms with Gasteiger partial charge in [-0.3, -0.25) is 28.8 Å². The van der Waals surface area contributed by atoms with Gasteiger partial charge in [0.1, 0.15) is 17.2 Å². The smallest absolute Gasteiger partial charge is 0.260 e. The van der Waals surface area contributed by atoms with Crippen LogP contribution in [0.25, 0.3) is 0 Å². The number of halogens is 9. The fraction of sp³-hybridized carbons (Fsp3) is 0.333. The van der Waals surface area contributed by atoms with Gasteiger partial charge < -0.3 is 76.6 Å². The molecular weight excluding hydrogens is 1930 g/mol. The number of carbonyl (C=O) groups excluding carboxylic acids is 6. The first kappa shape index (κ1) is 61.5. The van der Waals surface area contributed by atoms with E-state index >= 15 is 0 Å². The van der Waals surface area contributed by atoms with E-state index in [0.717, 1.165) is 9.80 Å². The van der Waals surface area contributed by atoms with Gasteiger partial charge in [0, 0.05) is 49.3 Å². The van der Waals surface area contributed by atoms with Gasteiger partial charge in [-0.25, -0.2) is 0 Å². The molecule has 3 aromatic rings. The molecule has 21 nitrogen and oxygen atoms in total. The van der Waals surface area contributed by atoms with Gasteiger partial charge >= 0.3 is 0 Å². The Kier molecular flexibility index (Phi) is 24.6. The highest BCUT2D eigenvalue weighted by Crippen LogP contribution is 2.40. The molecule has 1 aliphatic rings. The third kappa shape index (κ3) is 13.7. The first-order chi connectivity index (χ1) is 32.5. The fourth-order valence-corrected chi connectivity index (χ4v) is 18.6. The molecule has 30 heteroatoms. The average Bonchev–Trinajstić information content (AvgIpc) is 3.43. The number of benzene rings is 3. The zero-order chi connectivity index (χ0) is 51.9. The standard InChI is InChI=1S/C39H37I9N6O15/c40-22-16(34(64)49-13(7-55)8-56)25(43)31(61)28(46)19(22)37(67)52-1-2-53(38(68)20-23(41)17(26(44)32(62)29(20)47)35(65)50-14(9-57)10-58)5-6-54(4-3-52)39(69)21-24(42)18(27(45)33(63)30(21)48)36(66)51-15(11-59)12-60/h1-2,13-15,55-63H,3-12H2,(H,49,64)(H,50,65)(H,51,66). The lowest BCUT2D eigenvalue weighted by Crippen LogP contribution is -2.43. The number of phenolic OH excluding ortho intramolecular Hbond substituents is 3. The molecule has 0 radical (unpaired) electrons. The maximum absolute atomic E-state index is 14.9. The third-order valence-electron chi connectivity index (χ3n) is 9.99. The zero-order valence-corrected chi connectivity index (χ0v) is 54.1. The van der Waals surface area contributed by atoms with Crippen LogP contribution in [-0.4, -0.2) is 180 Å². The highest BCUT2D eigenvalue weighted by Gasteiger charge is 2.36. The summed E-state index contributed by atoms with van der Waals surface area (Å²) < 4.78 is 0.490. The van der Waals surface area contributed by atoms with Crippen LogP contribution in [0.15, 0.2) is 12.4 Å². The molecule has 0 aromatic heterocycles. The van der Waals surface area contributed by atoms with Crippen molar-refractivity contribution >= 4 is 239 Å². The number of aliphatic hydroxyl groups is 6. The number of aromatic hydroxyl groups is 3. The molecule has 0 saturated carbocycles. The molecular formula is C39H37I9N6O15. The molecule has 376 valence electrons. The molecule has 0 unspecified atom stereocenters. The summed E-state index contributed by atoms with van der Waals surface area (Å²) in [6.07, 6.45) is 2.47. The number of rotatable bonds is 15. The Morgan fingerprint density at radius 3 is 0.870 bits per heavy atom. The molecule has 0 fully saturated rings. The van der Waals surface area contributed by atoms with Crippen molar-refractivity contribution in [3.63, 3.8) is 0 Å². The molecule has 1 aliphatic heterocycles. The SMILES string of the molecule is O=C(NC(CO)CO)c1c(I)c(O)c(I)c(C(=O)N2C=CN(C(=O)c3c(I)c(O)c(I)c(C(=O)NC(CO)CO)c3I)CCN(C(=O)c3c(I)c(O)c(I)c(C(=O)NC(CO)CO)c3I)CC2)c1I. The van der Waals surface area contributed by atoms with Crippen molar-refractivity contribution < 1.29 is 74.7 Å². The number of hydrogen-bond acceptors (Lipinski definition) is 15. The number of hydrogen-bond donors (Lipinski definition) is 12. The summed E-state index contributed by atoms with van der Waals surface area (Å²) in [5.41, 5.74) is -0.899. The van der Waals surface area contributed by atoms with Crippen LogP contribution in [0.1, 0.15) is 62.1 Å². The summed E-state index contributed by atoms with van der Waals surface area (Å²) in [5, 5.41) is 99.2. The summed E-state index contributed by atoms with van der Waals surface area (Å²) in [6.45, 7) is -4.84. The van der Waals surface area contributed by atoms with E-state index in [1.807, 2.05) is 0 Å². The quantitative estimate of drug-likeness (QED) is 0.0974. The van der Waals surface area contributed by atoms with E-state index in [0.29, 0.717) is 0 Å². The van der Waals surface area contributed by atoms with E-state index in [-0.39, 0.29) is 91.7 Å². The van der Waals surface area contributed by atoms with Crippen molar-refractivity contribution in [3.8, 4) is 17.2 Å². The molecule has 0 aliphatic carbocycles. The Labute approximate surface area is 515 Å². The Bertz CT molecular complexity index is 2460. The summed E-state index contributed by atoms with van der Waals surface area (Å²) >= 11 is 15.7. The predicted molar refractivity (Wildman–Crippen MR) is 322 cm³/mol. The predicted octanol–water partition coefficient (Wildman–Crippen LogP) is 2.71. The van der Waals surface area contributed by atoms with Gasteiger partial charge in [0.2, 0.25) is 0 Å². The number of nitrogens with zero attached hydrogens (tertiary/aromatic N) is 3. The molecule has 69 heavy (non-hydrogen) atoms. The number of amides is 6. The van der Waals surface area contributed by atoms with Crippen molar-refractivity contribution in [1.82, 2.24) is 30.7 Å². The van der Waals surface area contributed by atoms with Crippen LogP contribution in [0.2, 0.25) is 0 Å². The van der Waals surface area contributed by atoms with Gasteiger partial charge in [-0.15, -0.1) is 0 Å². The van der Waals surface area contributed by atoms with E-state index < -0.39 is 110 Å². The van der Waals surface area contributed by atoms with Crippen LogP contribution >= 0.6 is 203 Å². The van der Waals surface area contributed by atoms with Crippen molar-refractivity contribution in [1.29, 1.82) is 0 Å². The lowest BCUT2D eigenvalue weighted by atomic mass is 10.1. The fourth-order valence-electron chi connectivity index (χ4n) is 6.20. The van der Waals surface area contributed by atoms with Gasteiger partial charge in [0.15, 0.2) is 0 Å². The molecule has 6 amide bonds. The Morgan fingerprint density at radius 2 is 0.623 bits per heavy atom. The van der Waals surface area contributed by atoms with Crippen LogP contribution in [-0.2, 0) is 0 Å². The Morgan fingerprint density at radius 1 is 0.391 bits per heavy atom. The summed E-state index contributed by atoms with van der Waals surface area (Å²) in [4.78, 5) is 88.9. The van der Waals surface area contributed by atoms with Crippen LogP contribution < -0.4 is 16.0 Å². The number of phenols is 3. The number of carbonyl (C=O) groups is 6. The van der Waals surface area contributed by atoms with Gasteiger partial charge in [0.25, 0.3) is 35.4 Å². The van der Waals surface area contributed by atoms with Crippen LogP contribution in [0.3, 0.4) is 0 Å². The topological polar surface area (TPSA) is 330 Å². The lowest BCUT2D eigenvalue weighted by Gasteiger charge is -2.28. The minimum atomic E-state index is -1.08. The second kappa shape index (κ2) is 27.7. The van der Waals surface area contributed by atoms with E-state index in [9.17, 15) is 74.7 Å². The monoisotopic (exact) mass is 1970 g/mol. The highest BCUT2D eigenvalue weighted by molar-refractivity contribution is 14.1. The van der Waals surface area contributed by atoms with E-state index in [2.05, 4.69) is 16.0 Å². The summed E-state index contributed by atoms with van der Waals surface area (Å²) in [5.74, 6) is -6.17. The van der Waals surface area contributed by atoms with Crippen LogP contribution in [0.5, 0.6) is 17.2 Å². The Hall–Kier alpha value is -0.0500. The van der Waals surface area contributed by atoms with E-state index in [1.54, 1.807) is 203 Å². The molecule has 12 N–H and O–H groups in total. The molecule has 1 heterocycles. The maximum Gasteiger partial charge on any atom is 0.260 e. The van der Waals surface area contributed by atoms with Crippen molar-refractivity contribution in [2.24, 2.45) is 0 Å². The minimum Gasteiger partial charge on any atom is -0.506 e. The van der Waals surface area contributed by atoms with Gasteiger partial charge in [-0.1, -0.05) is 0 Å². The Balaban J connectivity index is 1.96. The van der Waals surface area contributed by atoms with Crippen molar-refractivity contribution in [2.45, 2.75) is 18.1 Å². The van der Waals surface area contributed by atoms with Crippen molar-refractivity contribution in [2.75, 3.05) is 65.8 Å². The average molecular weight is 1970 g/mol. The van der Waals surface area contributed by atoms with Crippen molar-refractivity contribution in [3.05, 3.63) is 77.9 Å².